The first-order chi connectivity index (χ1) is 13.0. The van der Waals surface area contributed by atoms with Gasteiger partial charge in [0.15, 0.2) is 0 Å². The van der Waals surface area contributed by atoms with Gasteiger partial charge in [-0.2, -0.15) is 4.98 Å². The highest BCUT2D eigenvalue weighted by Gasteiger charge is 2.46. The first-order valence-electron chi connectivity index (χ1n) is 8.62. The van der Waals surface area contributed by atoms with Crippen LogP contribution >= 0.6 is 0 Å². The van der Waals surface area contributed by atoms with Crippen molar-refractivity contribution in [2.75, 3.05) is 6.54 Å². The average Bonchev–Trinajstić information content (AvgIpc) is 3.25. The number of rotatable bonds is 5. The molecule has 1 saturated heterocycles. The van der Waals surface area contributed by atoms with Crippen molar-refractivity contribution in [2.45, 2.75) is 19.3 Å². The fourth-order valence-corrected chi connectivity index (χ4v) is 3.53. The predicted molar refractivity (Wildman–Crippen MR) is 92.2 cm³/mol. The quantitative estimate of drug-likeness (QED) is 0.343. The number of amides is 2. The Bertz CT molecular complexity index is 925. The average molecular weight is 368 g/mol. The number of likely N-dealkylation sites (tertiary alicyclic amines) is 1. The zero-order valence-electron chi connectivity index (χ0n) is 14.3. The summed E-state index contributed by atoms with van der Waals surface area (Å²) < 4.78 is 5.18. The van der Waals surface area contributed by atoms with E-state index in [0.29, 0.717) is 18.4 Å². The van der Waals surface area contributed by atoms with Crippen LogP contribution in [0.3, 0.4) is 0 Å². The zero-order chi connectivity index (χ0) is 19.0. The molecule has 2 aromatic rings. The number of benzene rings is 1. The van der Waals surface area contributed by atoms with Gasteiger partial charge in [-0.25, -0.2) is 0 Å². The second kappa shape index (κ2) is 6.75. The van der Waals surface area contributed by atoms with Crippen LogP contribution in [-0.4, -0.2) is 38.3 Å². The van der Waals surface area contributed by atoms with Crippen LogP contribution in [0.2, 0.25) is 0 Å². The number of carbonyl (C=O) groups excluding carboxylic acids is 2. The fraction of sp³-hybridized carbons (Fsp3) is 0.333. The van der Waals surface area contributed by atoms with Gasteiger partial charge in [0.2, 0.25) is 23.5 Å². The second-order valence-electron chi connectivity index (χ2n) is 6.55. The van der Waals surface area contributed by atoms with Crippen LogP contribution in [0.15, 0.2) is 40.9 Å². The molecule has 27 heavy (non-hydrogen) atoms. The number of imide groups is 1. The third-order valence-corrected chi connectivity index (χ3v) is 4.93. The van der Waals surface area contributed by atoms with Crippen molar-refractivity contribution in [1.29, 1.82) is 0 Å². The Morgan fingerprint density at radius 3 is 2.56 bits per heavy atom. The molecule has 1 fully saturated rings. The second-order valence-corrected chi connectivity index (χ2v) is 6.55. The Labute approximate surface area is 153 Å². The van der Waals surface area contributed by atoms with Crippen LogP contribution in [0, 0.1) is 22.0 Å². The summed E-state index contributed by atoms with van der Waals surface area (Å²) in [5.41, 5.74) is 0.396. The van der Waals surface area contributed by atoms with Crippen molar-refractivity contribution >= 4 is 17.5 Å². The molecule has 1 aromatic carbocycles. The number of hydrogen-bond acceptors (Lipinski definition) is 7. The highest BCUT2D eigenvalue weighted by molar-refractivity contribution is 6.05. The summed E-state index contributed by atoms with van der Waals surface area (Å²) in [5.74, 6) is -0.312. The van der Waals surface area contributed by atoms with E-state index in [1.54, 1.807) is 12.1 Å². The van der Waals surface area contributed by atoms with Crippen LogP contribution in [0.1, 0.15) is 18.7 Å². The van der Waals surface area contributed by atoms with Gasteiger partial charge in [-0.3, -0.25) is 24.6 Å². The summed E-state index contributed by atoms with van der Waals surface area (Å²) in [5, 5.41) is 14.7. The lowest BCUT2D eigenvalue weighted by molar-refractivity contribution is -0.384. The number of fused-ring (bicyclic) bond motifs is 1. The number of nitrogens with zero attached hydrogens (tertiary/aromatic N) is 4. The van der Waals surface area contributed by atoms with E-state index in [0.717, 1.165) is 0 Å². The molecule has 0 unspecified atom stereocenters. The molecule has 1 aliphatic carbocycles. The van der Waals surface area contributed by atoms with Gasteiger partial charge in [-0.15, -0.1) is 0 Å². The van der Waals surface area contributed by atoms with E-state index in [1.807, 2.05) is 12.2 Å². The first kappa shape index (κ1) is 17.1. The number of nitro groups is 1. The highest BCUT2D eigenvalue weighted by Crippen LogP contribution is 2.35. The summed E-state index contributed by atoms with van der Waals surface area (Å²) in [6.45, 7) is 0.182. The van der Waals surface area contributed by atoms with Gasteiger partial charge in [-0.1, -0.05) is 29.4 Å². The monoisotopic (exact) mass is 368 g/mol. The third kappa shape index (κ3) is 3.12. The summed E-state index contributed by atoms with van der Waals surface area (Å²) >= 11 is 0. The molecule has 1 aliphatic heterocycles. The minimum Gasteiger partial charge on any atom is -0.339 e. The lowest BCUT2D eigenvalue weighted by atomic mass is 9.85. The maximum Gasteiger partial charge on any atom is 0.270 e. The van der Waals surface area contributed by atoms with Gasteiger partial charge >= 0.3 is 0 Å². The smallest absolute Gasteiger partial charge is 0.270 e. The Morgan fingerprint density at radius 1 is 1.19 bits per heavy atom. The van der Waals surface area contributed by atoms with Crippen LogP contribution in [0.4, 0.5) is 5.69 Å². The number of nitro benzene ring substituents is 1. The van der Waals surface area contributed by atoms with E-state index in [9.17, 15) is 19.7 Å². The molecule has 0 spiro atoms. The van der Waals surface area contributed by atoms with Crippen LogP contribution in [-0.2, 0) is 16.0 Å². The molecule has 1 aromatic heterocycles. The number of hydrogen-bond donors (Lipinski definition) is 0. The van der Waals surface area contributed by atoms with E-state index in [4.69, 9.17) is 4.52 Å². The van der Waals surface area contributed by atoms with E-state index < -0.39 is 4.92 Å². The molecular formula is C18H16N4O5. The standard InChI is InChI=1S/C18H16N4O5/c23-17-13-6-1-2-7-14(13)18(24)21(17)9-8-15-19-16(20-27-15)11-4-3-5-12(10-11)22(25)26/h1-5,10,13-14H,6-9H2/t13-,14-/m0/s1. The van der Waals surface area contributed by atoms with Gasteiger partial charge in [0.05, 0.1) is 16.8 Å². The van der Waals surface area contributed by atoms with Crippen molar-refractivity contribution in [1.82, 2.24) is 15.0 Å². The summed E-state index contributed by atoms with van der Waals surface area (Å²) in [6.07, 6.45) is 5.33. The minimum absolute atomic E-state index is 0.0664. The molecule has 9 heteroatoms. The Morgan fingerprint density at radius 2 is 1.89 bits per heavy atom. The van der Waals surface area contributed by atoms with Crippen molar-refractivity contribution < 1.29 is 19.0 Å². The molecule has 0 saturated carbocycles. The van der Waals surface area contributed by atoms with Gasteiger partial charge < -0.3 is 4.52 Å². The molecule has 0 bridgehead atoms. The van der Waals surface area contributed by atoms with Crippen molar-refractivity contribution in [3.8, 4) is 11.4 Å². The third-order valence-electron chi connectivity index (χ3n) is 4.93. The first-order valence-corrected chi connectivity index (χ1v) is 8.62. The van der Waals surface area contributed by atoms with Crippen molar-refractivity contribution in [2.24, 2.45) is 11.8 Å². The van der Waals surface area contributed by atoms with Gasteiger partial charge in [-0.05, 0) is 12.8 Å². The largest absolute Gasteiger partial charge is 0.339 e. The molecular weight excluding hydrogens is 352 g/mol. The summed E-state index contributed by atoms with van der Waals surface area (Å²) in [6, 6.07) is 5.93. The normalized spacial score (nSPS) is 21.6. The maximum absolute atomic E-state index is 12.4. The number of carbonyl (C=O) groups is 2. The SMILES string of the molecule is O=C1[C@H]2CC=CC[C@@H]2C(=O)N1CCc1nc(-c2cccc([N+](=O)[O-])c2)no1. The fourth-order valence-electron chi connectivity index (χ4n) is 3.53. The number of non-ortho nitro benzene ring substituents is 1. The molecule has 0 N–H and O–H groups in total. The minimum atomic E-state index is -0.497. The Balaban J connectivity index is 1.45. The topological polar surface area (TPSA) is 119 Å². The van der Waals surface area contributed by atoms with Crippen LogP contribution in [0.5, 0.6) is 0 Å². The van der Waals surface area contributed by atoms with Crippen molar-refractivity contribution in [3.05, 3.63) is 52.4 Å². The van der Waals surface area contributed by atoms with E-state index >= 15 is 0 Å². The Hall–Kier alpha value is -3.36. The van der Waals surface area contributed by atoms with E-state index in [1.165, 1.54) is 17.0 Å². The van der Waals surface area contributed by atoms with Gasteiger partial charge in [0, 0.05) is 30.7 Å². The molecule has 9 nitrogen and oxygen atoms in total. The van der Waals surface area contributed by atoms with Crippen LogP contribution < -0.4 is 0 Å². The van der Waals surface area contributed by atoms with Gasteiger partial charge in [0.1, 0.15) is 0 Å². The van der Waals surface area contributed by atoms with E-state index in [2.05, 4.69) is 10.1 Å². The van der Waals surface area contributed by atoms with E-state index in [-0.39, 0.29) is 54.0 Å². The summed E-state index contributed by atoms with van der Waals surface area (Å²) in [4.78, 5) is 40.8. The predicted octanol–water partition coefficient (Wildman–Crippen LogP) is 2.14. The molecule has 0 radical (unpaired) electrons. The van der Waals surface area contributed by atoms with Crippen molar-refractivity contribution in [3.63, 3.8) is 0 Å². The maximum atomic E-state index is 12.4. The zero-order valence-corrected chi connectivity index (χ0v) is 14.3. The van der Waals surface area contributed by atoms with Gasteiger partial charge in [0.25, 0.3) is 5.69 Å². The van der Waals surface area contributed by atoms with Crippen LogP contribution in [0.25, 0.3) is 11.4 Å². The molecule has 2 aliphatic rings. The molecule has 4 rings (SSSR count). The lowest BCUT2D eigenvalue weighted by Crippen LogP contribution is -2.33. The molecule has 2 heterocycles. The lowest BCUT2D eigenvalue weighted by Gasteiger charge is -2.14. The molecule has 138 valence electrons. The molecule has 2 amide bonds. The summed E-state index contributed by atoms with van der Waals surface area (Å²) in [7, 11) is 0. The highest BCUT2D eigenvalue weighted by atomic mass is 16.6. The Kier molecular flexibility index (Phi) is 4.27. The number of allylic oxidation sites excluding steroid dienone is 2. The molecule has 2 atom stereocenters. The number of aromatic nitrogens is 2.